The van der Waals surface area contributed by atoms with Gasteiger partial charge in [0.15, 0.2) is 0 Å². The van der Waals surface area contributed by atoms with E-state index in [0.29, 0.717) is 12.1 Å². The maximum absolute atomic E-state index is 8.60. The van der Waals surface area contributed by atoms with Crippen molar-refractivity contribution in [2.45, 2.75) is 0 Å². The second-order valence-corrected chi connectivity index (χ2v) is 3.31. The molecule has 1 rings (SSSR count). The summed E-state index contributed by atoms with van der Waals surface area (Å²) in [7, 11) is 0. The molecule has 0 spiro atoms. The quantitative estimate of drug-likeness (QED) is 0.847. The fourth-order valence-electron chi connectivity index (χ4n) is 0.919. The van der Waals surface area contributed by atoms with Crippen molar-refractivity contribution in [2.75, 3.05) is 18.5 Å². The highest BCUT2D eigenvalue weighted by atomic mass is 79.9. The Balaban J connectivity index is 2.81. The van der Waals surface area contributed by atoms with E-state index in [9.17, 15) is 0 Å². The van der Waals surface area contributed by atoms with Gasteiger partial charge < -0.3 is 10.4 Å². The van der Waals surface area contributed by atoms with Gasteiger partial charge in [0.25, 0.3) is 0 Å². The van der Waals surface area contributed by atoms with E-state index < -0.39 is 0 Å². The van der Waals surface area contributed by atoms with Gasteiger partial charge in [-0.05, 0) is 34.1 Å². The van der Waals surface area contributed by atoms with Crippen LogP contribution in [0.2, 0.25) is 0 Å². The van der Waals surface area contributed by atoms with E-state index in [1.54, 1.807) is 18.2 Å². The number of anilines is 1. The van der Waals surface area contributed by atoms with E-state index in [4.69, 9.17) is 10.4 Å². The fourth-order valence-corrected chi connectivity index (χ4v) is 1.44. The van der Waals surface area contributed by atoms with Crippen molar-refractivity contribution >= 4 is 21.6 Å². The van der Waals surface area contributed by atoms with Crippen LogP contribution in [0.5, 0.6) is 0 Å². The molecule has 0 aliphatic rings. The lowest BCUT2D eigenvalue weighted by atomic mass is 10.2. The Kier molecular flexibility index (Phi) is 3.74. The van der Waals surface area contributed by atoms with E-state index in [0.717, 1.165) is 10.2 Å². The largest absolute Gasteiger partial charge is 0.395 e. The number of aliphatic hydroxyl groups is 1. The first-order valence-corrected chi connectivity index (χ1v) is 4.61. The summed E-state index contributed by atoms with van der Waals surface area (Å²) in [5, 5.41) is 20.2. The van der Waals surface area contributed by atoms with Gasteiger partial charge in [-0.25, -0.2) is 0 Å². The van der Waals surface area contributed by atoms with E-state index in [1.165, 1.54) is 0 Å². The monoisotopic (exact) mass is 240 g/mol. The molecule has 0 bridgehead atoms. The molecule has 0 atom stereocenters. The molecule has 1 aromatic carbocycles. The van der Waals surface area contributed by atoms with Crippen molar-refractivity contribution in [3.8, 4) is 6.07 Å². The number of rotatable bonds is 3. The molecule has 1 aromatic rings. The first kappa shape index (κ1) is 10.0. The molecule has 0 fully saturated rings. The minimum absolute atomic E-state index is 0.0897. The van der Waals surface area contributed by atoms with Gasteiger partial charge in [0.2, 0.25) is 0 Å². The molecule has 68 valence electrons. The summed E-state index contributed by atoms with van der Waals surface area (Å²) in [5.74, 6) is 0. The molecule has 4 heteroatoms. The molecular weight excluding hydrogens is 232 g/mol. The van der Waals surface area contributed by atoms with Crippen molar-refractivity contribution in [3.63, 3.8) is 0 Å². The Morgan fingerprint density at radius 2 is 2.31 bits per heavy atom. The minimum atomic E-state index is 0.0897. The molecule has 0 saturated carbocycles. The maximum atomic E-state index is 8.60. The Bertz CT molecular complexity index is 333. The normalized spacial score (nSPS) is 9.31. The van der Waals surface area contributed by atoms with Crippen LogP contribution in [0.25, 0.3) is 0 Å². The van der Waals surface area contributed by atoms with Gasteiger partial charge in [0, 0.05) is 16.7 Å². The van der Waals surface area contributed by atoms with Crippen molar-refractivity contribution < 1.29 is 5.11 Å². The summed E-state index contributed by atoms with van der Waals surface area (Å²) in [6, 6.07) is 7.31. The van der Waals surface area contributed by atoms with Gasteiger partial charge in [-0.2, -0.15) is 5.26 Å². The molecule has 0 heterocycles. The third-order valence-corrected chi connectivity index (χ3v) is 2.18. The van der Waals surface area contributed by atoms with Crippen LogP contribution in [-0.2, 0) is 0 Å². The lowest BCUT2D eigenvalue weighted by Crippen LogP contribution is -2.05. The summed E-state index contributed by atoms with van der Waals surface area (Å²) < 4.78 is 0.833. The Morgan fingerprint density at radius 1 is 1.54 bits per heavy atom. The second-order valence-electron chi connectivity index (χ2n) is 2.46. The van der Waals surface area contributed by atoms with Gasteiger partial charge in [-0.3, -0.25) is 0 Å². The van der Waals surface area contributed by atoms with E-state index in [-0.39, 0.29) is 6.61 Å². The van der Waals surface area contributed by atoms with Crippen LogP contribution in [0, 0.1) is 11.3 Å². The van der Waals surface area contributed by atoms with Crippen LogP contribution in [0.3, 0.4) is 0 Å². The van der Waals surface area contributed by atoms with Crippen LogP contribution in [0.15, 0.2) is 22.7 Å². The molecule has 2 N–H and O–H groups in total. The number of aliphatic hydroxyl groups excluding tert-OH is 1. The molecule has 13 heavy (non-hydrogen) atoms. The standard InChI is InChI=1S/C9H9BrN2O/c10-8-5-7(6-11)1-2-9(8)12-3-4-13/h1-2,5,12-13H,3-4H2. The smallest absolute Gasteiger partial charge is 0.0992 e. The molecule has 0 radical (unpaired) electrons. The number of hydrogen-bond acceptors (Lipinski definition) is 3. The second kappa shape index (κ2) is 4.85. The molecule has 3 nitrogen and oxygen atoms in total. The molecule has 0 saturated heterocycles. The number of hydrogen-bond donors (Lipinski definition) is 2. The topological polar surface area (TPSA) is 56.0 Å². The maximum Gasteiger partial charge on any atom is 0.0992 e. The van der Waals surface area contributed by atoms with Crippen LogP contribution in [-0.4, -0.2) is 18.3 Å². The third-order valence-electron chi connectivity index (χ3n) is 1.53. The lowest BCUT2D eigenvalue weighted by molar-refractivity contribution is 0.311. The van der Waals surface area contributed by atoms with Crippen LogP contribution < -0.4 is 5.32 Å². The zero-order chi connectivity index (χ0) is 9.68. The summed E-state index contributed by atoms with van der Waals surface area (Å²) in [6.07, 6.45) is 0. The first-order chi connectivity index (χ1) is 6.27. The zero-order valence-corrected chi connectivity index (χ0v) is 8.50. The number of nitrogens with zero attached hydrogens (tertiary/aromatic N) is 1. The number of halogens is 1. The van der Waals surface area contributed by atoms with Gasteiger partial charge in [0.1, 0.15) is 0 Å². The number of benzene rings is 1. The molecular formula is C9H9BrN2O. The van der Waals surface area contributed by atoms with Gasteiger partial charge in [-0.1, -0.05) is 0 Å². The highest BCUT2D eigenvalue weighted by Gasteiger charge is 1.99. The molecule has 0 unspecified atom stereocenters. The van der Waals surface area contributed by atoms with Gasteiger partial charge in [-0.15, -0.1) is 0 Å². The van der Waals surface area contributed by atoms with Gasteiger partial charge in [0.05, 0.1) is 18.2 Å². The number of nitrogens with one attached hydrogen (secondary N) is 1. The van der Waals surface area contributed by atoms with Crippen LogP contribution in [0.4, 0.5) is 5.69 Å². The Morgan fingerprint density at radius 3 is 2.85 bits per heavy atom. The summed E-state index contributed by atoms with van der Waals surface area (Å²) in [5.41, 5.74) is 1.49. The van der Waals surface area contributed by atoms with Gasteiger partial charge >= 0.3 is 0 Å². The van der Waals surface area contributed by atoms with Crippen molar-refractivity contribution in [3.05, 3.63) is 28.2 Å². The summed E-state index contributed by atoms with van der Waals surface area (Å²) in [4.78, 5) is 0. The molecule has 0 amide bonds. The Labute approximate surface area is 85.1 Å². The highest BCUT2D eigenvalue weighted by molar-refractivity contribution is 9.10. The molecule has 0 aliphatic heterocycles. The summed E-state index contributed by atoms with van der Waals surface area (Å²) >= 11 is 3.32. The lowest BCUT2D eigenvalue weighted by Gasteiger charge is -2.06. The average Bonchev–Trinajstić information content (AvgIpc) is 2.16. The van der Waals surface area contributed by atoms with Crippen molar-refractivity contribution in [1.82, 2.24) is 0 Å². The predicted octanol–water partition coefficient (Wildman–Crippen LogP) is 1.72. The van der Waals surface area contributed by atoms with Crippen molar-refractivity contribution in [2.24, 2.45) is 0 Å². The molecule has 0 aromatic heterocycles. The highest BCUT2D eigenvalue weighted by Crippen LogP contribution is 2.22. The van der Waals surface area contributed by atoms with E-state index in [2.05, 4.69) is 21.2 Å². The predicted molar refractivity (Wildman–Crippen MR) is 54.4 cm³/mol. The first-order valence-electron chi connectivity index (χ1n) is 3.82. The van der Waals surface area contributed by atoms with Crippen LogP contribution in [0.1, 0.15) is 5.56 Å². The number of nitriles is 1. The van der Waals surface area contributed by atoms with Crippen molar-refractivity contribution in [1.29, 1.82) is 5.26 Å². The van der Waals surface area contributed by atoms with E-state index in [1.807, 2.05) is 6.07 Å². The minimum Gasteiger partial charge on any atom is -0.395 e. The SMILES string of the molecule is N#Cc1ccc(NCCO)c(Br)c1. The third kappa shape index (κ3) is 2.72. The Hall–Kier alpha value is -1.05. The van der Waals surface area contributed by atoms with Crippen LogP contribution >= 0.6 is 15.9 Å². The molecule has 0 aliphatic carbocycles. The zero-order valence-electron chi connectivity index (χ0n) is 6.92. The average molecular weight is 241 g/mol. The van der Waals surface area contributed by atoms with E-state index >= 15 is 0 Å². The fraction of sp³-hybridized carbons (Fsp3) is 0.222. The summed E-state index contributed by atoms with van der Waals surface area (Å²) in [6.45, 7) is 0.594.